The number of rotatable bonds is 4. The predicted octanol–water partition coefficient (Wildman–Crippen LogP) is 2.51. The highest BCUT2D eigenvalue weighted by Gasteiger charge is 2.21. The SMILES string of the molecule is c1ccc(-c2cc(N3CCN(Cc4ccccn4)CC3)n3ncnc3n2)cc1. The fraction of sp³-hybridized carbons (Fsp3) is 0.238. The Balaban J connectivity index is 1.38. The zero-order valence-corrected chi connectivity index (χ0v) is 15.5. The molecule has 0 unspecified atom stereocenters. The van der Waals surface area contributed by atoms with Gasteiger partial charge in [-0.1, -0.05) is 36.4 Å². The average Bonchev–Trinajstić information content (AvgIpc) is 3.24. The molecule has 0 spiro atoms. The zero-order valence-electron chi connectivity index (χ0n) is 15.5. The zero-order chi connectivity index (χ0) is 18.8. The van der Waals surface area contributed by atoms with Crippen LogP contribution in [0.4, 0.5) is 5.82 Å². The summed E-state index contributed by atoms with van der Waals surface area (Å²) in [6.45, 7) is 4.71. The van der Waals surface area contributed by atoms with E-state index >= 15 is 0 Å². The predicted molar refractivity (Wildman–Crippen MR) is 108 cm³/mol. The summed E-state index contributed by atoms with van der Waals surface area (Å²) in [4.78, 5) is 18.3. The highest BCUT2D eigenvalue weighted by molar-refractivity contribution is 5.65. The minimum Gasteiger partial charge on any atom is -0.354 e. The van der Waals surface area contributed by atoms with Crippen molar-refractivity contribution in [2.75, 3.05) is 31.1 Å². The number of pyridine rings is 1. The molecule has 0 aliphatic carbocycles. The summed E-state index contributed by atoms with van der Waals surface area (Å²) in [6, 6.07) is 18.4. The first-order chi connectivity index (χ1) is 13.9. The summed E-state index contributed by atoms with van der Waals surface area (Å²) in [5, 5.41) is 4.39. The standard InChI is InChI=1S/C21H21N7/c1-2-6-17(7-3-1)19-14-20(28-21(25-19)23-16-24-28)27-12-10-26(11-13-27)15-18-8-4-5-9-22-18/h1-9,14,16H,10-13,15H2. The van der Waals surface area contributed by atoms with Crippen LogP contribution >= 0.6 is 0 Å². The largest absolute Gasteiger partial charge is 0.354 e. The molecule has 1 fully saturated rings. The van der Waals surface area contributed by atoms with Crippen LogP contribution in [0.1, 0.15) is 5.69 Å². The molecule has 28 heavy (non-hydrogen) atoms. The number of hydrogen-bond acceptors (Lipinski definition) is 6. The van der Waals surface area contributed by atoms with Gasteiger partial charge in [-0.05, 0) is 12.1 Å². The Morgan fingerprint density at radius 2 is 1.68 bits per heavy atom. The maximum absolute atomic E-state index is 4.68. The van der Waals surface area contributed by atoms with Crippen LogP contribution in [0.2, 0.25) is 0 Å². The van der Waals surface area contributed by atoms with Crippen molar-refractivity contribution < 1.29 is 0 Å². The third kappa shape index (κ3) is 3.32. The van der Waals surface area contributed by atoms with Gasteiger partial charge in [0.2, 0.25) is 0 Å². The summed E-state index contributed by atoms with van der Waals surface area (Å²) in [5.74, 6) is 1.67. The third-order valence-corrected chi connectivity index (χ3v) is 5.11. The van der Waals surface area contributed by atoms with E-state index in [2.05, 4.69) is 54.1 Å². The van der Waals surface area contributed by atoms with E-state index in [0.717, 1.165) is 55.5 Å². The van der Waals surface area contributed by atoms with Crippen molar-refractivity contribution in [2.24, 2.45) is 0 Å². The number of benzene rings is 1. The number of aromatic nitrogens is 5. The second-order valence-corrected chi connectivity index (χ2v) is 6.92. The lowest BCUT2D eigenvalue weighted by atomic mass is 10.1. The fourth-order valence-corrected chi connectivity index (χ4v) is 3.63. The molecule has 0 saturated carbocycles. The average molecular weight is 371 g/mol. The highest BCUT2D eigenvalue weighted by Crippen LogP contribution is 2.24. The van der Waals surface area contributed by atoms with E-state index < -0.39 is 0 Å². The minimum atomic E-state index is 0.632. The van der Waals surface area contributed by atoms with Gasteiger partial charge < -0.3 is 4.90 Å². The Labute approximate surface area is 163 Å². The maximum Gasteiger partial charge on any atom is 0.254 e. The normalized spacial score (nSPS) is 15.2. The van der Waals surface area contributed by atoms with Crippen molar-refractivity contribution in [3.05, 3.63) is 72.8 Å². The third-order valence-electron chi connectivity index (χ3n) is 5.11. The molecule has 140 valence electrons. The smallest absolute Gasteiger partial charge is 0.254 e. The van der Waals surface area contributed by atoms with Crippen LogP contribution < -0.4 is 4.90 Å². The molecule has 1 saturated heterocycles. The van der Waals surface area contributed by atoms with E-state index in [1.165, 1.54) is 0 Å². The van der Waals surface area contributed by atoms with Gasteiger partial charge >= 0.3 is 0 Å². The quantitative estimate of drug-likeness (QED) is 0.549. The van der Waals surface area contributed by atoms with Crippen molar-refractivity contribution in [1.29, 1.82) is 0 Å². The summed E-state index contributed by atoms with van der Waals surface area (Å²) in [5.41, 5.74) is 3.12. The molecule has 0 atom stereocenters. The van der Waals surface area contributed by atoms with Crippen LogP contribution in [-0.2, 0) is 6.54 Å². The molecule has 7 nitrogen and oxygen atoms in total. The molecule has 1 aliphatic heterocycles. The van der Waals surface area contributed by atoms with E-state index in [4.69, 9.17) is 0 Å². The molecule has 1 aliphatic rings. The van der Waals surface area contributed by atoms with Gasteiger partial charge in [-0.25, -0.2) is 4.98 Å². The number of fused-ring (bicyclic) bond motifs is 1. The molecular formula is C21H21N7. The topological polar surface area (TPSA) is 62.5 Å². The summed E-state index contributed by atoms with van der Waals surface area (Å²) >= 11 is 0. The Kier molecular flexibility index (Phi) is 4.42. The monoisotopic (exact) mass is 371 g/mol. The van der Waals surface area contributed by atoms with E-state index in [-0.39, 0.29) is 0 Å². The molecular weight excluding hydrogens is 350 g/mol. The summed E-state index contributed by atoms with van der Waals surface area (Å²) < 4.78 is 1.83. The second-order valence-electron chi connectivity index (χ2n) is 6.92. The van der Waals surface area contributed by atoms with E-state index in [0.29, 0.717) is 5.78 Å². The van der Waals surface area contributed by atoms with Crippen molar-refractivity contribution in [3.8, 4) is 11.3 Å². The Morgan fingerprint density at radius 3 is 2.46 bits per heavy atom. The van der Waals surface area contributed by atoms with Gasteiger partial charge in [-0.2, -0.15) is 14.6 Å². The Morgan fingerprint density at radius 1 is 0.857 bits per heavy atom. The number of anilines is 1. The molecule has 0 radical (unpaired) electrons. The summed E-state index contributed by atoms with van der Waals surface area (Å²) in [7, 11) is 0. The Bertz CT molecular complexity index is 1050. The van der Waals surface area contributed by atoms with Gasteiger partial charge in [-0.15, -0.1) is 0 Å². The number of hydrogen-bond donors (Lipinski definition) is 0. The van der Waals surface area contributed by atoms with Crippen LogP contribution in [0.15, 0.2) is 67.1 Å². The molecule has 4 aromatic rings. The number of nitrogens with zero attached hydrogens (tertiary/aromatic N) is 7. The van der Waals surface area contributed by atoms with E-state index in [1.54, 1.807) is 6.33 Å². The molecule has 5 rings (SSSR count). The molecule has 3 aromatic heterocycles. The maximum atomic E-state index is 4.68. The highest BCUT2D eigenvalue weighted by atomic mass is 15.4. The number of piperazine rings is 1. The van der Waals surface area contributed by atoms with Gasteiger partial charge in [0.05, 0.1) is 11.4 Å². The van der Waals surface area contributed by atoms with Crippen molar-refractivity contribution >= 4 is 11.6 Å². The first-order valence-electron chi connectivity index (χ1n) is 9.50. The lowest BCUT2D eigenvalue weighted by Crippen LogP contribution is -2.46. The molecule has 1 aromatic carbocycles. The van der Waals surface area contributed by atoms with Crippen LogP contribution in [0.25, 0.3) is 17.0 Å². The van der Waals surface area contributed by atoms with Gasteiger partial charge in [-0.3, -0.25) is 9.88 Å². The van der Waals surface area contributed by atoms with Gasteiger partial charge in [0.25, 0.3) is 5.78 Å². The first kappa shape index (κ1) is 16.8. The van der Waals surface area contributed by atoms with Crippen LogP contribution in [0.5, 0.6) is 0 Å². The first-order valence-corrected chi connectivity index (χ1v) is 9.50. The second kappa shape index (κ2) is 7.36. The van der Waals surface area contributed by atoms with Gasteiger partial charge in [0, 0.05) is 50.6 Å². The van der Waals surface area contributed by atoms with E-state index in [9.17, 15) is 0 Å². The summed E-state index contributed by atoms with van der Waals surface area (Å²) in [6.07, 6.45) is 3.42. The van der Waals surface area contributed by atoms with Crippen LogP contribution in [0, 0.1) is 0 Å². The molecule has 0 amide bonds. The van der Waals surface area contributed by atoms with E-state index in [1.807, 2.05) is 41.0 Å². The lowest BCUT2D eigenvalue weighted by Gasteiger charge is -2.35. The van der Waals surface area contributed by atoms with Crippen molar-refractivity contribution in [2.45, 2.75) is 6.54 Å². The van der Waals surface area contributed by atoms with Gasteiger partial charge in [0.15, 0.2) is 0 Å². The van der Waals surface area contributed by atoms with Crippen LogP contribution in [0.3, 0.4) is 0 Å². The minimum absolute atomic E-state index is 0.632. The fourth-order valence-electron chi connectivity index (χ4n) is 3.63. The molecule has 7 heteroatoms. The van der Waals surface area contributed by atoms with Crippen LogP contribution in [-0.4, -0.2) is 55.6 Å². The van der Waals surface area contributed by atoms with Gasteiger partial charge in [0.1, 0.15) is 12.1 Å². The van der Waals surface area contributed by atoms with Crippen molar-refractivity contribution in [1.82, 2.24) is 29.5 Å². The lowest BCUT2D eigenvalue weighted by molar-refractivity contribution is 0.246. The Hall–Kier alpha value is -3.32. The molecule has 0 bridgehead atoms. The molecule has 4 heterocycles. The molecule has 0 N–H and O–H groups in total. The van der Waals surface area contributed by atoms with Crippen molar-refractivity contribution in [3.63, 3.8) is 0 Å².